The molecule has 0 nitrogen and oxygen atoms in total. The Morgan fingerprint density at radius 1 is 1.60 bits per heavy atom. The maximum absolute atomic E-state index is 2.12. The van der Waals surface area contributed by atoms with E-state index < -0.39 is 0 Å². The Balaban J connectivity index is 0. The van der Waals surface area contributed by atoms with Crippen LogP contribution in [0, 0.1) is 6.42 Å². The standard InChI is InChI=1S/C4H9.Pt/c1-3-4-2;/h3H,4H2,1-2H3;. The van der Waals surface area contributed by atoms with Crippen molar-refractivity contribution in [1.82, 2.24) is 0 Å². The van der Waals surface area contributed by atoms with E-state index in [1.807, 2.05) is 0 Å². The van der Waals surface area contributed by atoms with Crippen LogP contribution in [0.25, 0.3) is 0 Å². The van der Waals surface area contributed by atoms with Gasteiger partial charge in [0.15, 0.2) is 0 Å². The molecule has 0 spiro atoms. The van der Waals surface area contributed by atoms with E-state index in [1.54, 1.807) is 0 Å². The third-order valence-electron chi connectivity index (χ3n) is 0.408. The Morgan fingerprint density at radius 2 is 1.80 bits per heavy atom. The van der Waals surface area contributed by atoms with Gasteiger partial charge in [-0.15, -0.1) is 0 Å². The van der Waals surface area contributed by atoms with Crippen LogP contribution in [0.5, 0.6) is 0 Å². The Hall–Kier alpha value is 0.688. The van der Waals surface area contributed by atoms with Gasteiger partial charge in [-0.1, -0.05) is 20.3 Å². The summed E-state index contributed by atoms with van der Waals surface area (Å²) >= 11 is 0. The second-order valence-corrected chi connectivity index (χ2v) is 0.816. The smallest absolute Gasteiger partial charge is 0 e. The molecule has 0 aromatic carbocycles. The van der Waals surface area contributed by atoms with Gasteiger partial charge in [0.2, 0.25) is 0 Å². The van der Waals surface area contributed by atoms with Crippen LogP contribution in [0.3, 0.4) is 0 Å². The van der Waals surface area contributed by atoms with Crippen molar-refractivity contribution < 1.29 is 21.1 Å². The summed E-state index contributed by atoms with van der Waals surface area (Å²) in [5.74, 6) is 0. The molecule has 0 rings (SSSR count). The minimum Gasteiger partial charge on any atom is -0.0651 e. The van der Waals surface area contributed by atoms with Crippen molar-refractivity contribution in [2.75, 3.05) is 0 Å². The van der Waals surface area contributed by atoms with Crippen LogP contribution < -0.4 is 0 Å². The zero-order valence-electron chi connectivity index (χ0n) is 3.60. The van der Waals surface area contributed by atoms with Gasteiger partial charge in [0.1, 0.15) is 0 Å². The Bertz CT molecular complexity index is 5.61. The summed E-state index contributed by atoms with van der Waals surface area (Å²) in [4.78, 5) is 0. The molecule has 0 aromatic rings. The molecule has 0 aliphatic heterocycles. The van der Waals surface area contributed by atoms with Crippen molar-refractivity contribution in [3.63, 3.8) is 0 Å². The van der Waals surface area contributed by atoms with Crippen LogP contribution in [0.2, 0.25) is 0 Å². The van der Waals surface area contributed by atoms with Crippen LogP contribution in [0.1, 0.15) is 20.3 Å². The van der Waals surface area contributed by atoms with E-state index in [1.165, 1.54) is 6.42 Å². The fourth-order valence-corrected chi connectivity index (χ4v) is 0. The normalized spacial score (nSPS) is 6.00. The van der Waals surface area contributed by atoms with Gasteiger partial charge in [-0.3, -0.25) is 0 Å². The van der Waals surface area contributed by atoms with E-state index in [0.717, 1.165) is 0 Å². The first-order valence-corrected chi connectivity index (χ1v) is 1.69. The second-order valence-electron chi connectivity index (χ2n) is 0.816. The topological polar surface area (TPSA) is 0 Å². The van der Waals surface area contributed by atoms with Crippen molar-refractivity contribution in [3.8, 4) is 0 Å². The van der Waals surface area contributed by atoms with E-state index >= 15 is 0 Å². The molecular formula is C4H9Pt. The van der Waals surface area contributed by atoms with Crippen molar-refractivity contribution in [3.05, 3.63) is 6.42 Å². The zero-order chi connectivity index (χ0) is 3.41. The molecule has 35 valence electrons. The first-order valence-electron chi connectivity index (χ1n) is 1.69. The second kappa shape index (κ2) is 8.82. The van der Waals surface area contributed by atoms with Gasteiger partial charge >= 0.3 is 0 Å². The maximum atomic E-state index is 2.12. The molecule has 5 heavy (non-hydrogen) atoms. The van der Waals surface area contributed by atoms with E-state index in [-0.39, 0.29) is 21.1 Å². The van der Waals surface area contributed by atoms with E-state index in [4.69, 9.17) is 0 Å². The average Bonchev–Trinajstić information content (AvgIpc) is 1.37. The zero-order valence-corrected chi connectivity index (χ0v) is 5.87. The maximum Gasteiger partial charge on any atom is 0 e. The Labute approximate surface area is 48.2 Å². The molecule has 0 aliphatic carbocycles. The molecule has 0 atom stereocenters. The molecular weight excluding hydrogens is 243 g/mol. The van der Waals surface area contributed by atoms with E-state index in [9.17, 15) is 0 Å². The Kier molecular flexibility index (Phi) is 16.2. The Morgan fingerprint density at radius 3 is 1.80 bits per heavy atom. The third kappa shape index (κ3) is 11.9. The van der Waals surface area contributed by atoms with Gasteiger partial charge in [-0.25, -0.2) is 0 Å². The van der Waals surface area contributed by atoms with Crippen molar-refractivity contribution in [1.29, 1.82) is 0 Å². The van der Waals surface area contributed by atoms with E-state index in [0.29, 0.717) is 0 Å². The fourth-order valence-electron chi connectivity index (χ4n) is 0. The van der Waals surface area contributed by atoms with Gasteiger partial charge < -0.3 is 0 Å². The van der Waals surface area contributed by atoms with Crippen LogP contribution in [-0.4, -0.2) is 0 Å². The van der Waals surface area contributed by atoms with Gasteiger partial charge in [0, 0.05) is 21.1 Å². The van der Waals surface area contributed by atoms with Crippen molar-refractivity contribution >= 4 is 0 Å². The van der Waals surface area contributed by atoms with E-state index in [2.05, 4.69) is 20.3 Å². The van der Waals surface area contributed by atoms with Crippen LogP contribution in [0.15, 0.2) is 0 Å². The molecule has 0 unspecified atom stereocenters. The van der Waals surface area contributed by atoms with Gasteiger partial charge in [-0.05, 0) is 6.42 Å². The molecule has 0 bridgehead atoms. The van der Waals surface area contributed by atoms with Gasteiger partial charge in [0.05, 0.1) is 0 Å². The SMILES string of the molecule is C[CH]CC.[Pt]. The minimum atomic E-state index is 0. The van der Waals surface area contributed by atoms with Gasteiger partial charge in [-0.2, -0.15) is 0 Å². The molecule has 0 N–H and O–H groups in total. The number of unbranched alkanes of at least 4 members (excludes halogenated alkanes) is 1. The van der Waals surface area contributed by atoms with Gasteiger partial charge in [0.25, 0.3) is 0 Å². The summed E-state index contributed by atoms with van der Waals surface area (Å²) in [7, 11) is 0. The predicted molar refractivity (Wildman–Crippen MR) is 20.3 cm³/mol. The molecule has 0 fully saturated rings. The number of hydrogen-bond acceptors (Lipinski definition) is 0. The van der Waals surface area contributed by atoms with Crippen LogP contribution in [0.4, 0.5) is 0 Å². The van der Waals surface area contributed by atoms with Crippen molar-refractivity contribution in [2.45, 2.75) is 20.3 Å². The predicted octanol–water partition coefficient (Wildman–Crippen LogP) is 1.62. The molecule has 0 saturated carbocycles. The summed E-state index contributed by atoms with van der Waals surface area (Å²) in [5, 5.41) is 0. The summed E-state index contributed by atoms with van der Waals surface area (Å²) in [6, 6.07) is 0. The first-order chi connectivity index (χ1) is 1.91. The molecule has 1 heteroatoms. The monoisotopic (exact) mass is 252 g/mol. The molecule has 0 aromatic heterocycles. The van der Waals surface area contributed by atoms with Crippen LogP contribution in [-0.2, 0) is 21.1 Å². The molecule has 0 saturated heterocycles. The molecule has 0 aliphatic rings. The average molecular weight is 252 g/mol. The molecule has 1 radical (unpaired) electrons. The number of hydrogen-bond donors (Lipinski definition) is 0. The first kappa shape index (κ1) is 9.19. The summed E-state index contributed by atoms with van der Waals surface area (Å²) in [5.41, 5.74) is 0. The van der Waals surface area contributed by atoms with Crippen LogP contribution >= 0.6 is 0 Å². The summed E-state index contributed by atoms with van der Waals surface area (Å²) < 4.78 is 0. The summed E-state index contributed by atoms with van der Waals surface area (Å²) in [6.07, 6.45) is 3.32. The molecule has 0 heterocycles. The minimum absolute atomic E-state index is 0. The fraction of sp³-hybridized carbons (Fsp3) is 0.750. The molecule has 0 amide bonds. The summed E-state index contributed by atoms with van der Waals surface area (Å²) in [6.45, 7) is 4.18. The third-order valence-corrected chi connectivity index (χ3v) is 0.408. The number of rotatable bonds is 1. The largest absolute Gasteiger partial charge is 0.0651 e. The van der Waals surface area contributed by atoms with Crippen molar-refractivity contribution in [2.24, 2.45) is 0 Å². The quantitative estimate of drug-likeness (QED) is 0.665.